The molecule has 1 saturated carbocycles. The van der Waals surface area contributed by atoms with E-state index in [0.29, 0.717) is 6.04 Å². The molecule has 2 rings (SSSR count). The number of carbonyl (C=O) groups is 1. The average molecular weight is 314 g/mol. The van der Waals surface area contributed by atoms with Gasteiger partial charge in [0, 0.05) is 18.5 Å². The van der Waals surface area contributed by atoms with Gasteiger partial charge in [0.2, 0.25) is 5.91 Å². The van der Waals surface area contributed by atoms with Crippen molar-refractivity contribution in [2.45, 2.75) is 57.3 Å². The Hall–Kier alpha value is -1.56. The van der Waals surface area contributed by atoms with Gasteiger partial charge in [-0.2, -0.15) is 13.2 Å². The van der Waals surface area contributed by atoms with E-state index in [9.17, 15) is 18.0 Å². The number of nitrogens with one attached hydrogen (secondary N) is 2. The molecule has 0 saturated heterocycles. The van der Waals surface area contributed by atoms with E-state index in [0.717, 1.165) is 18.9 Å². The van der Waals surface area contributed by atoms with Crippen LogP contribution in [-0.4, -0.2) is 18.0 Å². The number of hydrogen-bond donors (Lipinski definition) is 2. The molecular formula is C16H21F3N2O. The zero-order chi connectivity index (χ0) is 16.2. The molecular weight excluding hydrogens is 293 g/mol. The van der Waals surface area contributed by atoms with Crippen molar-refractivity contribution in [3.05, 3.63) is 29.8 Å². The van der Waals surface area contributed by atoms with Crippen molar-refractivity contribution in [1.29, 1.82) is 0 Å². The van der Waals surface area contributed by atoms with Crippen molar-refractivity contribution in [2.24, 2.45) is 0 Å². The van der Waals surface area contributed by atoms with Crippen LogP contribution in [-0.2, 0) is 11.0 Å². The molecule has 1 aromatic rings. The van der Waals surface area contributed by atoms with Crippen LogP contribution in [0.3, 0.4) is 0 Å². The lowest BCUT2D eigenvalue weighted by Gasteiger charge is -2.19. The third-order valence-electron chi connectivity index (χ3n) is 3.87. The van der Waals surface area contributed by atoms with Crippen LogP contribution in [0.1, 0.15) is 44.6 Å². The molecule has 0 heterocycles. The van der Waals surface area contributed by atoms with Gasteiger partial charge in [-0.05, 0) is 31.9 Å². The molecule has 0 bridgehead atoms. The summed E-state index contributed by atoms with van der Waals surface area (Å²) < 4.78 is 38.6. The van der Waals surface area contributed by atoms with Crippen molar-refractivity contribution < 1.29 is 18.0 Å². The second kappa shape index (κ2) is 7.13. The van der Waals surface area contributed by atoms with E-state index in [1.807, 2.05) is 6.92 Å². The predicted molar refractivity (Wildman–Crippen MR) is 79.5 cm³/mol. The number of anilines is 1. The van der Waals surface area contributed by atoms with Gasteiger partial charge in [0.15, 0.2) is 0 Å². The van der Waals surface area contributed by atoms with E-state index in [2.05, 4.69) is 10.6 Å². The Morgan fingerprint density at radius 1 is 1.27 bits per heavy atom. The van der Waals surface area contributed by atoms with E-state index in [1.54, 1.807) is 0 Å². The molecule has 3 nitrogen and oxygen atoms in total. The lowest BCUT2D eigenvalue weighted by Crippen LogP contribution is -2.37. The third-order valence-corrected chi connectivity index (χ3v) is 3.87. The molecule has 0 radical (unpaired) electrons. The Labute approximate surface area is 128 Å². The number of carbonyl (C=O) groups excluding carboxylic acids is 1. The summed E-state index contributed by atoms with van der Waals surface area (Å²) >= 11 is 0. The van der Waals surface area contributed by atoms with Crippen molar-refractivity contribution >= 4 is 11.6 Å². The summed E-state index contributed by atoms with van der Waals surface area (Å²) in [6, 6.07) is 5.39. The molecule has 1 aliphatic carbocycles. The van der Waals surface area contributed by atoms with Crippen LogP contribution in [0, 0.1) is 0 Å². The lowest BCUT2D eigenvalue weighted by molar-refractivity contribution is -0.137. The molecule has 122 valence electrons. The maximum absolute atomic E-state index is 12.9. The minimum atomic E-state index is -4.47. The zero-order valence-electron chi connectivity index (χ0n) is 12.5. The summed E-state index contributed by atoms with van der Waals surface area (Å²) in [6.07, 6.45) is 0.261. The SMILES string of the molecule is CC(CC(=O)Nc1ccccc1C(F)(F)F)NC1CCCC1. The largest absolute Gasteiger partial charge is 0.418 e. The molecule has 0 spiro atoms. The molecule has 0 aromatic heterocycles. The summed E-state index contributed by atoms with van der Waals surface area (Å²) in [6.45, 7) is 1.88. The van der Waals surface area contributed by atoms with Gasteiger partial charge in [0.25, 0.3) is 0 Å². The van der Waals surface area contributed by atoms with Gasteiger partial charge in [-0.3, -0.25) is 4.79 Å². The van der Waals surface area contributed by atoms with E-state index in [-0.39, 0.29) is 18.2 Å². The maximum Gasteiger partial charge on any atom is 0.418 e. The maximum atomic E-state index is 12.9. The van der Waals surface area contributed by atoms with Crippen LogP contribution in [0.2, 0.25) is 0 Å². The Kier molecular flexibility index (Phi) is 5.45. The lowest BCUT2D eigenvalue weighted by atomic mass is 10.1. The Balaban J connectivity index is 1.91. The van der Waals surface area contributed by atoms with Gasteiger partial charge in [-0.15, -0.1) is 0 Å². The van der Waals surface area contributed by atoms with Crippen LogP contribution in [0.4, 0.5) is 18.9 Å². The molecule has 1 fully saturated rings. The Morgan fingerprint density at radius 2 is 1.91 bits per heavy atom. The van der Waals surface area contributed by atoms with Crippen LogP contribution in [0.5, 0.6) is 0 Å². The Morgan fingerprint density at radius 3 is 2.55 bits per heavy atom. The molecule has 1 aliphatic rings. The number of rotatable bonds is 5. The molecule has 1 atom stereocenters. The fourth-order valence-corrected chi connectivity index (χ4v) is 2.87. The monoisotopic (exact) mass is 314 g/mol. The van der Waals surface area contributed by atoms with Crippen molar-refractivity contribution in [3.63, 3.8) is 0 Å². The molecule has 0 aliphatic heterocycles. The third kappa shape index (κ3) is 4.73. The second-order valence-corrected chi connectivity index (χ2v) is 5.84. The number of halogens is 3. The highest BCUT2D eigenvalue weighted by molar-refractivity contribution is 5.92. The van der Waals surface area contributed by atoms with Crippen LogP contribution < -0.4 is 10.6 Å². The van der Waals surface area contributed by atoms with Crippen molar-refractivity contribution in [1.82, 2.24) is 5.32 Å². The van der Waals surface area contributed by atoms with Crippen LogP contribution in [0.15, 0.2) is 24.3 Å². The number of amides is 1. The van der Waals surface area contributed by atoms with Crippen LogP contribution in [0.25, 0.3) is 0 Å². The zero-order valence-corrected chi connectivity index (χ0v) is 12.5. The summed E-state index contributed by atoms with van der Waals surface area (Å²) in [5.74, 6) is -0.408. The second-order valence-electron chi connectivity index (χ2n) is 5.84. The Bertz CT molecular complexity index is 510. The van der Waals surface area contributed by atoms with Gasteiger partial charge in [0.05, 0.1) is 11.3 Å². The minimum absolute atomic E-state index is 0.0545. The molecule has 1 aromatic carbocycles. The van der Waals surface area contributed by atoms with E-state index < -0.39 is 17.6 Å². The first-order valence-electron chi connectivity index (χ1n) is 7.58. The predicted octanol–water partition coefficient (Wildman–Crippen LogP) is 3.95. The minimum Gasteiger partial charge on any atom is -0.325 e. The van der Waals surface area contributed by atoms with Crippen LogP contribution >= 0.6 is 0 Å². The summed E-state index contributed by atoms with van der Waals surface area (Å²) in [7, 11) is 0. The van der Waals surface area contributed by atoms with E-state index in [4.69, 9.17) is 0 Å². The highest BCUT2D eigenvalue weighted by atomic mass is 19.4. The first kappa shape index (κ1) is 16.8. The summed E-state index contributed by atoms with van der Waals surface area (Å²) in [5, 5.41) is 5.73. The molecule has 22 heavy (non-hydrogen) atoms. The van der Waals surface area contributed by atoms with Crippen molar-refractivity contribution in [2.75, 3.05) is 5.32 Å². The number of alkyl halides is 3. The quantitative estimate of drug-likeness (QED) is 0.864. The molecule has 2 N–H and O–H groups in total. The first-order chi connectivity index (χ1) is 10.4. The topological polar surface area (TPSA) is 41.1 Å². The smallest absolute Gasteiger partial charge is 0.325 e. The molecule has 1 amide bonds. The van der Waals surface area contributed by atoms with Crippen molar-refractivity contribution in [3.8, 4) is 0 Å². The number of hydrogen-bond acceptors (Lipinski definition) is 2. The number of para-hydroxylation sites is 1. The fourth-order valence-electron chi connectivity index (χ4n) is 2.87. The van der Waals surface area contributed by atoms with Gasteiger partial charge in [-0.25, -0.2) is 0 Å². The summed E-state index contributed by atoms with van der Waals surface area (Å²) in [4.78, 5) is 12.0. The normalized spacial score (nSPS) is 17.5. The number of benzene rings is 1. The molecule has 1 unspecified atom stereocenters. The first-order valence-corrected chi connectivity index (χ1v) is 7.58. The van der Waals surface area contributed by atoms with E-state index >= 15 is 0 Å². The average Bonchev–Trinajstić information content (AvgIpc) is 2.90. The standard InChI is InChI=1S/C16H21F3N2O/c1-11(20-12-6-2-3-7-12)10-15(22)21-14-9-5-4-8-13(14)16(17,18)19/h4-5,8-9,11-12,20H,2-3,6-7,10H2,1H3,(H,21,22). The van der Waals surface area contributed by atoms with Gasteiger partial charge in [0.1, 0.15) is 0 Å². The molecule has 6 heteroatoms. The van der Waals surface area contributed by atoms with Gasteiger partial charge < -0.3 is 10.6 Å². The van der Waals surface area contributed by atoms with E-state index in [1.165, 1.54) is 31.0 Å². The highest BCUT2D eigenvalue weighted by Crippen LogP contribution is 2.34. The van der Waals surface area contributed by atoms with Gasteiger partial charge in [-0.1, -0.05) is 25.0 Å². The highest BCUT2D eigenvalue weighted by Gasteiger charge is 2.33. The van der Waals surface area contributed by atoms with Gasteiger partial charge >= 0.3 is 6.18 Å². The summed E-state index contributed by atoms with van der Waals surface area (Å²) in [5.41, 5.74) is -1.01. The fraction of sp³-hybridized carbons (Fsp3) is 0.562.